The summed E-state index contributed by atoms with van der Waals surface area (Å²) in [6.45, 7) is 1.87. The van der Waals surface area contributed by atoms with Crippen LogP contribution < -0.4 is 5.32 Å². The molecule has 0 spiro atoms. The molecule has 4 rings (SSSR count). The molecule has 1 atom stereocenters. The van der Waals surface area contributed by atoms with Gasteiger partial charge in [0.15, 0.2) is 5.69 Å². The van der Waals surface area contributed by atoms with Crippen LogP contribution in [0.2, 0.25) is 0 Å². The zero-order valence-electron chi connectivity index (χ0n) is 12.7. The Hall–Kier alpha value is -2.21. The zero-order chi connectivity index (χ0) is 15.8. The number of amides is 1. The van der Waals surface area contributed by atoms with E-state index < -0.39 is 0 Å². The first-order chi connectivity index (χ1) is 11.2. The number of rotatable bonds is 3. The smallest absolute Gasteiger partial charge is 0.276 e. The summed E-state index contributed by atoms with van der Waals surface area (Å²) < 4.78 is 18.8. The molecule has 1 aliphatic heterocycles. The molecule has 2 aromatic rings. The number of nitrogens with one attached hydrogen (secondary N) is 1. The van der Waals surface area contributed by atoms with Crippen LogP contribution in [0.3, 0.4) is 0 Å². The molecular weight excluding hydrogens is 297 g/mol. The quantitative estimate of drug-likeness (QED) is 0.945. The highest BCUT2D eigenvalue weighted by molar-refractivity contribution is 5.92. The fourth-order valence-corrected chi connectivity index (χ4v) is 3.06. The van der Waals surface area contributed by atoms with E-state index >= 15 is 0 Å². The van der Waals surface area contributed by atoms with E-state index in [-0.39, 0.29) is 17.8 Å². The van der Waals surface area contributed by atoms with Gasteiger partial charge in [-0.2, -0.15) is 0 Å². The van der Waals surface area contributed by atoms with E-state index in [2.05, 4.69) is 10.5 Å². The lowest BCUT2D eigenvalue weighted by Crippen LogP contribution is -2.48. The lowest BCUT2D eigenvalue weighted by atomic mass is 10.0. The van der Waals surface area contributed by atoms with Crippen molar-refractivity contribution >= 4 is 5.91 Å². The second-order valence-corrected chi connectivity index (χ2v) is 6.16. The minimum absolute atomic E-state index is 0.156. The van der Waals surface area contributed by atoms with Crippen molar-refractivity contribution in [2.75, 3.05) is 19.6 Å². The van der Waals surface area contributed by atoms with Crippen LogP contribution in [0.5, 0.6) is 0 Å². The standard InChI is InChI=1S/C17H18FN3O2/c18-13-3-1-2-12(8-13)15-10-19-6-7-21(15)17(22)14-9-16(23-20-14)11-4-5-11/h1-3,8-9,11,15,19H,4-7,10H2. The van der Waals surface area contributed by atoms with Crippen molar-refractivity contribution in [1.29, 1.82) is 0 Å². The molecule has 2 fully saturated rings. The Morgan fingerprint density at radius 3 is 3.00 bits per heavy atom. The fraction of sp³-hybridized carbons (Fsp3) is 0.412. The minimum atomic E-state index is -0.294. The van der Waals surface area contributed by atoms with E-state index in [0.29, 0.717) is 31.2 Å². The maximum Gasteiger partial charge on any atom is 0.276 e. The first kappa shape index (κ1) is 14.4. The van der Waals surface area contributed by atoms with Crippen LogP contribution in [0.25, 0.3) is 0 Å². The SMILES string of the molecule is O=C(c1cc(C2CC2)on1)N1CCNCC1c1cccc(F)c1. The molecule has 1 aromatic carbocycles. The lowest BCUT2D eigenvalue weighted by Gasteiger charge is -2.36. The Kier molecular flexibility index (Phi) is 3.61. The van der Waals surface area contributed by atoms with Gasteiger partial charge in [0.2, 0.25) is 0 Å². The third-order valence-electron chi connectivity index (χ3n) is 4.46. The number of benzene rings is 1. The summed E-state index contributed by atoms with van der Waals surface area (Å²) in [6, 6.07) is 7.96. The van der Waals surface area contributed by atoms with Crippen molar-refractivity contribution in [2.24, 2.45) is 0 Å². The number of hydrogen-bond donors (Lipinski definition) is 1. The van der Waals surface area contributed by atoms with Crippen LogP contribution in [-0.4, -0.2) is 35.6 Å². The van der Waals surface area contributed by atoms with Gasteiger partial charge in [-0.3, -0.25) is 4.79 Å². The molecule has 2 heterocycles. The lowest BCUT2D eigenvalue weighted by molar-refractivity contribution is 0.0623. The summed E-state index contributed by atoms with van der Waals surface area (Å²) in [4.78, 5) is 14.6. The van der Waals surface area contributed by atoms with Gasteiger partial charge in [-0.1, -0.05) is 17.3 Å². The van der Waals surface area contributed by atoms with Crippen LogP contribution in [0.4, 0.5) is 4.39 Å². The Bertz CT molecular complexity index is 726. The molecule has 0 bridgehead atoms. The van der Waals surface area contributed by atoms with Crippen molar-refractivity contribution in [3.8, 4) is 0 Å². The van der Waals surface area contributed by atoms with E-state index in [1.807, 2.05) is 6.07 Å². The number of carbonyl (C=O) groups is 1. The molecule has 120 valence electrons. The molecule has 2 aliphatic rings. The normalized spacial score (nSPS) is 21.4. The van der Waals surface area contributed by atoms with Crippen LogP contribution in [0.15, 0.2) is 34.9 Å². The van der Waals surface area contributed by atoms with Crippen molar-refractivity contribution in [1.82, 2.24) is 15.4 Å². The molecule has 6 heteroatoms. The Morgan fingerprint density at radius 1 is 1.35 bits per heavy atom. The van der Waals surface area contributed by atoms with Gasteiger partial charge in [-0.15, -0.1) is 0 Å². The summed E-state index contributed by atoms with van der Waals surface area (Å²) in [5.41, 5.74) is 1.13. The first-order valence-electron chi connectivity index (χ1n) is 7.96. The molecule has 1 N–H and O–H groups in total. The molecule has 1 unspecified atom stereocenters. The third kappa shape index (κ3) is 2.86. The Labute approximate surface area is 133 Å². The number of hydrogen-bond acceptors (Lipinski definition) is 4. The van der Waals surface area contributed by atoms with Gasteiger partial charge in [-0.25, -0.2) is 4.39 Å². The van der Waals surface area contributed by atoms with Gasteiger partial charge >= 0.3 is 0 Å². The third-order valence-corrected chi connectivity index (χ3v) is 4.46. The molecule has 1 aliphatic carbocycles. The van der Waals surface area contributed by atoms with E-state index in [4.69, 9.17) is 4.52 Å². The highest BCUT2D eigenvalue weighted by Gasteiger charge is 2.33. The van der Waals surface area contributed by atoms with E-state index in [1.54, 1.807) is 17.0 Å². The van der Waals surface area contributed by atoms with E-state index in [1.165, 1.54) is 12.1 Å². The summed E-state index contributed by atoms with van der Waals surface area (Å²) in [6.07, 6.45) is 2.20. The molecular formula is C17H18FN3O2. The molecule has 1 saturated heterocycles. The van der Waals surface area contributed by atoms with Gasteiger partial charge in [-0.05, 0) is 30.5 Å². The fourth-order valence-electron chi connectivity index (χ4n) is 3.06. The average Bonchev–Trinajstić information content (AvgIpc) is 3.31. The van der Waals surface area contributed by atoms with Crippen molar-refractivity contribution < 1.29 is 13.7 Å². The minimum Gasteiger partial charge on any atom is -0.360 e. The van der Waals surface area contributed by atoms with Gasteiger partial charge in [0, 0.05) is 31.6 Å². The maximum atomic E-state index is 13.5. The molecule has 1 amide bonds. The zero-order valence-corrected chi connectivity index (χ0v) is 12.7. The topological polar surface area (TPSA) is 58.4 Å². The highest BCUT2D eigenvalue weighted by Crippen LogP contribution is 2.40. The van der Waals surface area contributed by atoms with Crippen LogP contribution in [-0.2, 0) is 0 Å². The summed E-state index contributed by atoms with van der Waals surface area (Å²) in [7, 11) is 0. The highest BCUT2D eigenvalue weighted by atomic mass is 19.1. The molecule has 1 saturated carbocycles. The Morgan fingerprint density at radius 2 is 2.22 bits per heavy atom. The second-order valence-electron chi connectivity index (χ2n) is 6.16. The van der Waals surface area contributed by atoms with Gasteiger partial charge in [0.1, 0.15) is 11.6 Å². The van der Waals surface area contributed by atoms with Crippen LogP contribution >= 0.6 is 0 Å². The number of halogens is 1. The molecule has 1 aromatic heterocycles. The number of carbonyl (C=O) groups excluding carboxylic acids is 1. The predicted molar refractivity (Wildman–Crippen MR) is 81.5 cm³/mol. The summed E-state index contributed by atoms with van der Waals surface area (Å²) in [5.74, 6) is 0.770. The molecule has 5 nitrogen and oxygen atoms in total. The average molecular weight is 315 g/mol. The number of nitrogens with zero attached hydrogens (tertiary/aromatic N) is 2. The van der Waals surface area contributed by atoms with Crippen molar-refractivity contribution in [3.63, 3.8) is 0 Å². The van der Waals surface area contributed by atoms with E-state index in [0.717, 1.165) is 24.2 Å². The second kappa shape index (κ2) is 5.77. The van der Waals surface area contributed by atoms with Gasteiger partial charge < -0.3 is 14.7 Å². The molecule has 0 radical (unpaired) electrons. The number of piperazine rings is 1. The van der Waals surface area contributed by atoms with Crippen LogP contribution in [0, 0.1) is 5.82 Å². The van der Waals surface area contributed by atoms with Crippen molar-refractivity contribution in [3.05, 3.63) is 53.2 Å². The predicted octanol–water partition coefficient (Wildman–Crippen LogP) is 2.48. The summed E-state index contributed by atoms with van der Waals surface area (Å²) in [5, 5.41) is 7.20. The van der Waals surface area contributed by atoms with Crippen LogP contribution in [0.1, 0.15) is 46.6 Å². The maximum absolute atomic E-state index is 13.5. The van der Waals surface area contributed by atoms with Crippen molar-refractivity contribution in [2.45, 2.75) is 24.8 Å². The molecule has 23 heavy (non-hydrogen) atoms. The number of aromatic nitrogens is 1. The van der Waals surface area contributed by atoms with Gasteiger partial charge in [0.25, 0.3) is 5.91 Å². The largest absolute Gasteiger partial charge is 0.360 e. The first-order valence-corrected chi connectivity index (χ1v) is 7.96. The monoisotopic (exact) mass is 315 g/mol. The van der Waals surface area contributed by atoms with E-state index in [9.17, 15) is 9.18 Å². The summed E-state index contributed by atoms with van der Waals surface area (Å²) >= 11 is 0. The Balaban J connectivity index is 1.59. The van der Waals surface area contributed by atoms with Gasteiger partial charge in [0.05, 0.1) is 6.04 Å².